The molecule has 0 aliphatic carbocycles. The van der Waals surface area contributed by atoms with Crippen molar-refractivity contribution in [1.29, 1.82) is 0 Å². The Morgan fingerprint density at radius 1 is 1.31 bits per heavy atom. The van der Waals surface area contributed by atoms with E-state index in [2.05, 4.69) is 52.3 Å². The molecule has 1 atom stereocenters. The minimum atomic E-state index is 0.169. The molecule has 1 aromatic rings. The summed E-state index contributed by atoms with van der Waals surface area (Å²) in [6.07, 6.45) is 1.13. The Kier molecular flexibility index (Phi) is 6.26. The molecule has 0 spiro atoms. The van der Waals surface area contributed by atoms with Crippen molar-refractivity contribution in [3.8, 4) is 0 Å². The molecule has 0 radical (unpaired) electrons. The van der Waals surface area contributed by atoms with E-state index in [4.69, 9.17) is 10.6 Å². The highest BCUT2D eigenvalue weighted by Gasteiger charge is 2.08. The van der Waals surface area contributed by atoms with Gasteiger partial charge in [0.2, 0.25) is 0 Å². The van der Waals surface area contributed by atoms with E-state index in [1.807, 2.05) is 13.8 Å². The monoisotopic (exact) mass is 334 g/mol. The number of halogens is 1. The standard InChI is InChI=1S/C12H19IN2O/c1-9(2)16-8-12(15-14)7-10-3-5-11(13)6-4-10/h3-6,9,12,15H,7-8,14H2,1-2H3. The summed E-state index contributed by atoms with van der Waals surface area (Å²) in [5.41, 5.74) is 4.07. The quantitative estimate of drug-likeness (QED) is 0.476. The first-order valence-corrected chi connectivity index (χ1v) is 6.52. The molecule has 1 unspecified atom stereocenters. The lowest BCUT2D eigenvalue weighted by molar-refractivity contribution is 0.0613. The smallest absolute Gasteiger partial charge is 0.0639 e. The lowest BCUT2D eigenvalue weighted by Crippen LogP contribution is -2.40. The SMILES string of the molecule is CC(C)OCC(Cc1ccc(I)cc1)NN. The molecule has 0 heterocycles. The van der Waals surface area contributed by atoms with Gasteiger partial charge < -0.3 is 4.74 Å². The first kappa shape index (κ1) is 13.9. The van der Waals surface area contributed by atoms with Crippen LogP contribution in [0.3, 0.4) is 0 Å². The van der Waals surface area contributed by atoms with Gasteiger partial charge in [-0.1, -0.05) is 12.1 Å². The zero-order valence-electron chi connectivity index (χ0n) is 9.74. The molecule has 0 aromatic heterocycles. The Morgan fingerprint density at radius 3 is 2.44 bits per heavy atom. The zero-order chi connectivity index (χ0) is 12.0. The highest BCUT2D eigenvalue weighted by atomic mass is 127. The summed E-state index contributed by atoms with van der Waals surface area (Å²) in [5, 5.41) is 0. The van der Waals surface area contributed by atoms with Crippen molar-refractivity contribution < 1.29 is 4.74 Å². The third-order valence-electron chi connectivity index (χ3n) is 2.26. The molecule has 3 nitrogen and oxygen atoms in total. The molecular weight excluding hydrogens is 315 g/mol. The summed E-state index contributed by atoms with van der Waals surface area (Å²) >= 11 is 2.30. The van der Waals surface area contributed by atoms with Crippen molar-refractivity contribution in [1.82, 2.24) is 5.43 Å². The molecule has 0 bridgehead atoms. The first-order chi connectivity index (χ1) is 7.61. The van der Waals surface area contributed by atoms with Gasteiger partial charge in [-0.2, -0.15) is 0 Å². The molecule has 1 rings (SSSR count). The summed E-state index contributed by atoms with van der Waals surface area (Å²) in [4.78, 5) is 0. The van der Waals surface area contributed by atoms with Gasteiger partial charge in [0.05, 0.1) is 12.7 Å². The van der Waals surface area contributed by atoms with Gasteiger partial charge in [-0.3, -0.25) is 11.3 Å². The second-order valence-corrected chi connectivity index (χ2v) is 5.32. The molecule has 0 aliphatic heterocycles. The number of nitrogens with two attached hydrogens (primary N) is 1. The summed E-state index contributed by atoms with van der Waals surface area (Å²) in [6, 6.07) is 8.63. The molecule has 0 aliphatic rings. The third-order valence-corrected chi connectivity index (χ3v) is 2.98. The molecule has 16 heavy (non-hydrogen) atoms. The van der Waals surface area contributed by atoms with Crippen LogP contribution in [0.15, 0.2) is 24.3 Å². The number of rotatable bonds is 6. The van der Waals surface area contributed by atoms with Crippen molar-refractivity contribution in [3.63, 3.8) is 0 Å². The van der Waals surface area contributed by atoms with Crippen LogP contribution in [-0.4, -0.2) is 18.8 Å². The number of hydrogen-bond acceptors (Lipinski definition) is 3. The van der Waals surface area contributed by atoms with E-state index in [0.29, 0.717) is 6.61 Å². The van der Waals surface area contributed by atoms with Gasteiger partial charge in [-0.15, -0.1) is 0 Å². The largest absolute Gasteiger partial charge is 0.377 e. The molecule has 4 heteroatoms. The van der Waals surface area contributed by atoms with Gasteiger partial charge in [-0.05, 0) is 60.6 Å². The minimum Gasteiger partial charge on any atom is -0.377 e. The number of nitrogens with one attached hydrogen (secondary N) is 1. The fourth-order valence-corrected chi connectivity index (χ4v) is 1.74. The minimum absolute atomic E-state index is 0.169. The Balaban J connectivity index is 2.46. The van der Waals surface area contributed by atoms with Gasteiger partial charge in [0.25, 0.3) is 0 Å². The highest BCUT2D eigenvalue weighted by Crippen LogP contribution is 2.09. The Bertz CT molecular complexity index is 300. The van der Waals surface area contributed by atoms with Crippen LogP contribution in [0.4, 0.5) is 0 Å². The summed E-state index contributed by atoms with van der Waals surface area (Å²) < 4.78 is 6.79. The van der Waals surface area contributed by atoms with Crippen molar-refractivity contribution in [2.45, 2.75) is 32.4 Å². The normalized spacial score (nSPS) is 13.1. The Morgan fingerprint density at radius 2 is 1.94 bits per heavy atom. The first-order valence-electron chi connectivity index (χ1n) is 5.44. The van der Waals surface area contributed by atoms with Crippen molar-refractivity contribution in [2.75, 3.05) is 6.61 Å². The van der Waals surface area contributed by atoms with Crippen LogP contribution in [0.25, 0.3) is 0 Å². The lowest BCUT2D eigenvalue weighted by Gasteiger charge is -2.17. The maximum Gasteiger partial charge on any atom is 0.0639 e. The third kappa shape index (κ3) is 5.25. The van der Waals surface area contributed by atoms with Crippen LogP contribution in [0.5, 0.6) is 0 Å². The van der Waals surface area contributed by atoms with Gasteiger partial charge >= 0.3 is 0 Å². The van der Waals surface area contributed by atoms with Crippen molar-refractivity contribution in [2.24, 2.45) is 5.84 Å². The summed E-state index contributed by atoms with van der Waals surface area (Å²) in [7, 11) is 0. The van der Waals surface area contributed by atoms with Gasteiger partial charge in [-0.25, -0.2) is 0 Å². The fourth-order valence-electron chi connectivity index (χ4n) is 1.38. The highest BCUT2D eigenvalue weighted by molar-refractivity contribution is 14.1. The number of hydrazine groups is 1. The lowest BCUT2D eigenvalue weighted by atomic mass is 10.1. The van der Waals surface area contributed by atoms with Crippen LogP contribution in [0.2, 0.25) is 0 Å². The predicted molar refractivity (Wildman–Crippen MR) is 75.1 cm³/mol. The van der Waals surface area contributed by atoms with E-state index in [-0.39, 0.29) is 12.1 Å². The topological polar surface area (TPSA) is 47.3 Å². The second-order valence-electron chi connectivity index (χ2n) is 4.08. The zero-order valence-corrected chi connectivity index (χ0v) is 11.9. The van der Waals surface area contributed by atoms with Crippen LogP contribution in [0.1, 0.15) is 19.4 Å². The van der Waals surface area contributed by atoms with Gasteiger partial charge in [0.15, 0.2) is 0 Å². The van der Waals surface area contributed by atoms with Crippen LogP contribution >= 0.6 is 22.6 Å². The second kappa shape index (κ2) is 7.21. The molecule has 0 amide bonds. The average Bonchev–Trinajstić information content (AvgIpc) is 2.26. The molecule has 0 saturated heterocycles. The average molecular weight is 334 g/mol. The number of benzene rings is 1. The summed E-state index contributed by atoms with van der Waals surface area (Å²) in [6.45, 7) is 4.69. The van der Waals surface area contributed by atoms with Gasteiger partial charge in [0, 0.05) is 9.61 Å². The molecular formula is C12H19IN2O. The number of hydrogen-bond donors (Lipinski definition) is 2. The van der Waals surface area contributed by atoms with E-state index in [1.54, 1.807) is 0 Å². The van der Waals surface area contributed by atoms with Crippen LogP contribution in [0, 0.1) is 3.57 Å². The number of ether oxygens (including phenoxy) is 1. The van der Waals surface area contributed by atoms with Crippen LogP contribution in [-0.2, 0) is 11.2 Å². The molecule has 0 saturated carbocycles. The van der Waals surface area contributed by atoms with Crippen molar-refractivity contribution >= 4 is 22.6 Å². The van der Waals surface area contributed by atoms with E-state index in [1.165, 1.54) is 9.13 Å². The molecule has 0 fully saturated rings. The maximum absolute atomic E-state index is 5.55. The molecule has 3 N–H and O–H groups in total. The Labute approximate surface area is 111 Å². The van der Waals surface area contributed by atoms with E-state index < -0.39 is 0 Å². The van der Waals surface area contributed by atoms with Crippen molar-refractivity contribution in [3.05, 3.63) is 33.4 Å². The van der Waals surface area contributed by atoms with E-state index >= 15 is 0 Å². The fraction of sp³-hybridized carbons (Fsp3) is 0.500. The predicted octanol–water partition coefficient (Wildman–Crippen LogP) is 2.09. The molecule has 90 valence electrons. The Hall–Kier alpha value is -0.170. The van der Waals surface area contributed by atoms with E-state index in [0.717, 1.165) is 6.42 Å². The summed E-state index contributed by atoms with van der Waals surface area (Å²) in [5.74, 6) is 5.51. The van der Waals surface area contributed by atoms with Crippen LogP contribution < -0.4 is 11.3 Å². The molecule has 1 aromatic carbocycles. The van der Waals surface area contributed by atoms with E-state index in [9.17, 15) is 0 Å². The van der Waals surface area contributed by atoms with Gasteiger partial charge in [0.1, 0.15) is 0 Å². The maximum atomic E-state index is 5.55.